The molecule has 4 heteroatoms. The minimum Gasteiger partial charge on any atom is -0.505 e. The van der Waals surface area contributed by atoms with E-state index in [1.807, 2.05) is 43.3 Å². The molecule has 0 saturated heterocycles. The molecule has 3 N–H and O–H groups in total. The van der Waals surface area contributed by atoms with Crippen LogP contribution in [0.5, 0.6) is 5.75 Å². The van der Waals surface area contributed by atoms with Crippen LogP contribution in [0.15, 0.2) is 72.3 Å². The molecule has 29 heavy (non-hydrogen) atoms. The molecule has 0 aliphatic heterocycles. The maximum absolute atomic E-state index is 13.7. The molecule has 0 bridgehead atoms. The highest BCUT2D eigenvalue weighted by molar-refractivity contribution is 5.81. The van der Waals surface area contributed by atoms with Crippen molar-refractivity contribution < 1.29 is 19.7 Å². The van der Waals surface area contributed by atoms with E-state index in [4.69, 9.17) is 0 Å². The maximum Gasteiger partial charge on any atom is 0.165 e. The third-order valence-electron chi connectivity index (χ3n) is 4.77. The number of allylic oxidation sites excluding steroid dienone is 1. The van der Waals surface area contributed by atoms with Gasteiger partial charge in [0.2, 0.25) is 0 Å². The highest BCUT2D eigenvalue weighted by atomic mass is 19.1. The summed E-state index contributed by atoms with van der Waals surface area (Å²) in [5.41, 5.74) is 4.07. The lowest BCUT2D eigenvalue weighted by Gasteiger charge is -2.18. The number of aromatic hydroxyl groups is 1. The monoisotopic (exact) mass is 396 g/mol. The van der Waals surface area contributed by atoms with Crippen LogP contribution in [0.4, 0.5) is 4.39 Å². The minimum atomic E-state index is -0.745. The summed E-state index contributed by atoms with van der Waals surface area (Å²) >= 11 is 0. The van der Waals surface area contributed by atoms with Crippen molar-refractivity contribution in [2.24, 2.45) is 0 Å². The van der Waals surface area contributed by atoms with Gasteiger partial charge in [-0.1, -0.05) is 68.5 Å². The number of rotatable bonds is 10. The number of phenols is 1. The van der Waals surface area contributed by atoms with Crippen LogP contribution in [0.3, 0.4) is 0 Å². The molecule has 0 saturated carbocycles. The van der Waals surface area contributed by atoms with Crippen molar-refractivity contribution in [3.8, 4) is 5.75 Å². The van der Waals surface area contributed by atoms with Crippen molar-refractivity contribution in [3.63, 3.8) is 0 Å². The Labute approximate surface area is 172 Å². The van der Waals surface area contributed by atoms with Gasteiger partial charge >= 0.3 is 0 Å². The van der Waals surface area contributed by atoms with E-state index in [-0.39, 0.29) is 12.4 Å². The van der Waals surface area contributed by atoms with Crippen LogP contribution >= 0.6 is 0 Å². The minimum absolute atomic E-state index is 0.150. The average molecular weight is 397 g/mol. The Morgan fingerprint density at radius 3 is 2.48 bits per heavy atom. The van der Waals surface area contributed by atoms with Gasteiger partial charge in [0.25, 0.3) is 0 Å². The van der Waals surface area contributed by atoms with E-state index in [2.05, 4.69) is 6.58 Å². The van der Waals surface area contributed by atoms with E-state index >= 15 is 0 Å². The normalized spacial score (nSPS) is 13.4. The molecule has 2 aromatic rings. The third-order valence-corrected chi connectivity index (χ3v) is 4.77. The van der Waals surface area contributed by atoms with Crippen LogP contribution in [0.1, 0.15) is 43.7 Å². The van der Waals surface area contributed by atoms with Gasteiger partial charge in [0, 0.05) is 0 Å². The second-order valence-corrected chi connectivity index (χ2v) is 7.00. The fourth-order valence-corrected chi connectivity index (χ4v) is 3.27. The summed E-state index contributed by atoms with van der Waals surface area (Å²) < 4.78 is 13.7. The number of halogens is 1. The fraction of sp³-hybridized carbons (Fsp3) is 0.280. The molecule has 0 heterocycles. The van der Waals surface area contributed by atoms with E-state index in [1.165, 1.54) is 12.1 Å². The highest BCUT2D eigenvalue weighted by Gasteiger charge is 2.15. The summed E-state index contributed by atoms with van der Waals surface area (Å²) in [7, 11) is 0. The first-order valence-electron chi connectivity index (χ1n) is 9.87. The van der Waals surface area contributed by atoms with Crippen molar-refractivity contribution in [1.82, 2.24) is 0 Å². The van der Waals surface area contributed by atoms with Gasteiger partial charge in [-0.25, -0.2) is 4.39 Å². The Morgan fingerprint density at radius 2 is 1.86 bits per heavy atom. The topological polar surface area (TPSA) is 60.7 Å². The molecule has 0 aliphatic carbocycles. The molecule has 2 rings (SSSR count). The lowest BCUT2D eigenvalue weighted by Crippen LogP contribution is -2.13. The Hall–Kier alpha value is -2.69. The lowest BCUT2D eigenvalue weighted by atomic mass is 9.91. The first-order chi connectivity index (χ1) is 14.0. The standard InChI is InChI=1S/C25H29FO3/c1-3-7-18(2)22(14-15-27)24(28)13-11-21(20-8-5-4-6-9-20)16-19-10-12-25(29)23(26)17-19/h4-6,8-10,12,14,16-17,24,27-29H,2-3,7,11,13,15H2,1H3/b21-16-,22-14-. The van der Waals surface area contributed by atoms with E-state index in [0.717, 1.165) is 29.6 Å². The molecule has 0 aliphatic rings. The van der Waals surface area contributed by atoms with Crippen LogP contribution in [0.25, 0.3) is 11.6 Å². The summed E-state index contributed by atoms with van der Waals surface area (Å²) in [5.74, 6) is -1.05. The van der Waals surface area contributed by atoms with Crippen molar-refractivity contribution in [2.45, 2.75) is 38.7 Å². The second-order valence-electron chi connectivity index (χ2n) is 7.00. The summed E-state index contributed by atoms with van der Waals surface area (Å²) in [4.78, 5) is 0. The molecule has 0 spiro atoms. The number of aliphatic hydroxyl groups is 2. The molecule has 1 atom stereocenters. The van der Waals surface area contributed by atoms with Gasteiger partial charge in [-0.05, 0) is 59.2 Å². The smallest absolute Gasteiger partial charge is 0.165 e. The number of hydrogen-bond acceptors (Lipinski definition) is 3. The molecular weight excluding hydrogens is 367 g/mol. The molecular formula is C25H29FO3. The van der Waals surface area contributed by atoms with Crippen LogP contribution in [0, 0.1) is 5.82 Å². The molecule has 154 valence electrons. The SMILES string of the molecule is C=C(CCC)/C(=C/CO)C(O)CC/C(=C/c1ccc(O)c(F)c1)c1ccccc1. The fourth-order valence-electron chi connectivity index (χ4n) is 3.27. The Bertz CT molecular complexity index is 869. The number of aliphatic hydroxyl groups excluding tert-OH is 2. The Kier molecular flexibility index (Phi) is 8.84. The molecule has 0 radical (unpaired) electrons. The van der Waals surface area contributed by atoms with Crippen molar-refractivity contribution in [1.29, 1.82) is 0 Å². The molecule has 0 aromatic heterocycles. The first kappa shape index (κ1) is 22.6. The van der Waals surface area contributed by atoms with Gasteiger partial charge in [0.15, 0.2) is 11.6 Å². The predicted octanol–water partition coefficient (Wildman–Crippen LogP) is 5.49. The van der Waals surface area contributed by atoms with E-state index in [0.29, 0.717) is 24.0 Å². The Morgan fingerprint density at radius 1 is 1.14 bits per heavy atom. The quantitative estimate of drug-likeness (QED) is 0.368. The third kappa shape index (κ3) is 6.70. The van der Waals surface area contributed by atoms with Gasteiger partial charge in [-0.15, -0.1) is 0 Å². The van der Waals surface area contributed by atoms with E-state index < -0.39 is 11.9 Å². The van der Waals surface area contributed by atoms with Crippen LogP contribution in [-0.2, 0) is 0 Å². The lowest BCUT2D eigenvalue weighted by molar-refractivity contribution is 0.202. The number of hydrogen-bond donors (Lipinski definition) is 3. The van der Waals surface area contributed by atoms with E-state index in [1.54, 1.807) is 12.1 Å². The molecule has 3 nitrogen and oxygen atoms in total. The summed E-state index contributed by atoms with van der Waals surface area (Å²) in [5, 5.41) is 29.4. The summed E-state index contributed by atoms with van der Waals surface area (Å²) in [6, 6.07) is 14.0. The summed E-state index contributed by atoms with van der Waals surface area (Å²) in [6.07, 6.45) is 5.40. The van der Waals surface area contributed by atoms with Crippen LogP contribution in [0.2, 0.25) is 0 Å². The average Bonchev–Trinajstić information content (AvgIpc) is 2.72. The zero-order valence-corrected chi connectivity index (χ0v) is 16.8. The highest BCUT2D eigenvalue weighted by Crippen LogP contribution is 2.28. The molecule has 1 unspecified atom stereocenters. The Balaban J connectivity index is 2.26. The predicted molar refractivity (Wildman–Crippen MR) is 117 cm³/mol. The molecule has 2 aromatic carbocycles. The van der Waals surface area contributed by atoms with Crippen molar-refractivity contribution in [3.05, 3.63) is 89.3 Å². The van der Waals surface area contributed by atoms with Gasteiger partial charge < -0.3 is 15.3 Å². The number of benzene rings is 2. The van der Waals surface area contributed by atoms with Gasteiger partial charge in [-0.2, -0.15) is 0 Å². The van der Waals surface area contributed by atoms with Gasteiger partial charge in [0.05, 0.1) is 12.7 Å². The zero-order valence-electron chi connectivity index (χ0n) is 16.8. The maximum atomic E-state index is 13.7. The molecule has 0 amide bonds. The van der Waals surface area contributed by atoms with Crippen molar-refractivity contribution in [2.75, 3.05) is 6.61 Å². The van der Waals surface area contributed by atoms with Crippen LogP contribution < -0.4 is 0 Å². The largest absolute Gasteiger partial charge is 0.505 e. The van der Waals surface area contributed by atoms with Crippen LogP contribution in [-0.4, -0.2) is 28.0 Å². The van der Waals surface area contributed by atoms with Gasteiger partial charge in [0.1, 0.15) is 0 Å². The van der Waals surface area contributed by atoms with Crippen molar-refractivity contribution >= 4 is 11.6 Å². The summed E-state index contributed by atoms with van der Waals surface area (Å²) in [6.45, 7) is 5.93. The van der Waals surface area contributed by atoms with Gasteiger partial charge in [-0.3, -0.25) is 0 Å². The zero-order chi connectivity index (χ0) is 21.2. The second kappa shape index (κ2) is 11.3. The van der Waals surface area contributed by atoms with E-state index in [9.17, 15) is 19.7 Å². The molecule has 0 fully saturated rings. The first-order valence-corrected chi connectivity index (χ1v) is 9.87. The number of phenolic OH excluding ortho intramolecular Hbond substituents is 1.